The van der Waals surface area contributed by atoms with E-state index in [9.17, 15) is 18.0 Å². The summed E-state index contributed by atoms with van der Waals surface area (Å²) in [5.74, 6) is 0.493. The molecule has 1 saturated heterocycles. The van der Waals surface area contributed by atoms with Gasteiger partial charge in [-0.25, -0.2) is 9.97 Å². The number of halogens is 5. The Bertz CT molecular complexity index is 1380. The van der Waals surface area contributed by atoms with Crippen molar-refractivity contribution in [2.45, 2.75) is 24.4 Å². The van der Waals surface area contributed by atoms with Gasteiger partial charge in [-0.15, -0.1) is 0 Å². The van der Waals surface area contributed by atoms with Crippen molar-refractivity contribution in [1.29, 1.82) is 0 Å². The zero-order valence-electron chi connectivity index (χ0n) is 21.0. The van der Waals surface area contributed by atoms with Crippen molar-refractivity contribution >= 4 is 49.5 Å². The maximum Gasteiger partial charge on any atom is 0.433 e. The fourth-order valence-electron chi connectivity index (χ4n) is 5.22. The van der Waals surface area contributed by atoms with E-state index in [-0.39, 0.29) is 12.5 Å². The summed E-state index contributed by atoms with van der Waals surface area (Å²) in [6.07, 6.45) is 0.743. The molecule has 2 aromatic heterocycles. The zero-order valence-corrected chi connectivity index (χ0v) is 24.2. The van der Waals surface area contributed by atoms with E-state index in [4.69, 9.17) is 4.74 Å². The summed E-state index contributed by atoms with van der Waals surface area (Å²) >= 11 is 6.61. The van der Waals surface area contributed by atoms with Crippen molar-refractivity contribution < 1.29 is 22.7 Å². The Labute approximate surface area is 241 Å². The molecular formula is C28H25Br2F3N4O2. The highest BCUT2D eigenvalue weighted by atomic mass is 79.9. The fourth-order valence-corrected chi connectivity index (χ4v) is 6.33. The monoisotopic (exact) mass is 664 g/mol. The number of pyridine rings is 2. The summed E-state index contributed by atoms with van der Waals surface area (Å²) in [6, 6.07) is 13.3. The summed E-state index contributed by atoms with van der Waals surface area (Å²) in [4.78, 5) is 25.7. The predicted molar refractivity (Wildman–Crippen MR) is 150 cm³/mol. The number of nitrogens with zero attached hydrogens (tertiary/aromatic N) is 4. The van der Waals surface area contributed by atoms with Gasteiger partial charge in [-0.3, -0.25) is 9.69 Å². The van der Waals surface area contributed by atoms with E-state index < -0.39 is 17.3 Å². The van der Waals surface area contributed by atoms with Crippen molar-refractivity contribution in [2.75, 3.05) is 38.2 Å². The number of fused-ring (bicyclic) bond motifs is 2. The Balaban J connectivity index is 1.36. The number of carbonyl (C=O) groups is 1. The molecule has 2 aliphatic heterocycles. The lowest BCUT2D eigenvalue weighted by molar-refractivity contribution is -0.141. The van der Waals surface area contributed by atoms with Gasteiger partial charge in [-0.1, -0.05) is 24.3 Å². The van der Waals surface area contributed by atoms with Crippen molar-refractivity contribution in [3.8, 4) is 5.75 Å². The average Bonchev–Trinajstić information content (AvgIpc) is 3.22. The molecule has 0 radical (unpaired) electrons. The summed E-state index contributed by atoms with van der Waals surface area (Å²) in [6.45, 7) is 2.35. The molecule has 4 heterocycles. The van der Waals surface area contributed by atoms with E-state index in [0.717, 1.165) is 17.4 Å². The van der Waals surface area contributed by atoms with Crippen LogP contribution in [0.2, 0.25) is 0 Å². The number of piperidine rings is 1. The molecule has 3 aromatic rings. The van der Waals surface area contributed by atoms with Crippen LogP contribution in [0.5, 0.6) is 5.75 Å². The van der Waals surface area contributed by atoms with Crippen LogP contribution in [0.1, 0.15) is 40.2 Å². The topological polar surface area (TPSA) is 58.6 Å². The molecule has 11 heteroatoms. The highest BCUT2D eigenvalue weighted by molar-refractivity contribution is 9.11. The van der Waals surface area contributed by atoms with Gasteiger partial charge < -0.3 is 9.64 Å². The van der Waals surface area contributed by atoms with Crippen LogP contribution in [0, 0.1) is 0 Å². The van der Waals surface area contributed by atoms with Crippen LogP contribution in [0.3, 0.4) is 0 Å². The zero-order chi connectivity index (χ0) is 27.8. The number of rotatable bonds is 5. The Morgan fingerprint density at radius 3 is 2.33 bits per heavy atom. The van der Waals surface area contributed by atoms with Crippen molar-refractivity contribution in [2.24, 2.45) is 0 Å². The third-order valence-corrected chi connectivity index (χ3v) is 8.09. The Hall–Kier alpha value is -2.76. The number of hydrogen-bond donors (Lipinski definition) is 0. The molecule has 1 amide bonds. The average molecular weight is 666 g/mol. The number of hydrogen-bond acceptors (Lipinski definition) is 5. The van der Waals surface area contributed by atoms with Gasteiger partial charge in [-0.2, -0.15) is 13.2 Å². The lowest BCUT2D eigenvalue weighted by atomic mass is 9.76. The largest absolute Gasteiger partial charge is 0.497 e. The number of amides is 1. The third kappa shape index (κ3) is 5.90. The molecule has 0 atom stereocenters. The van der Waals surface area contributed by atoms with Crippen LogP contribution >= 0.6 is 31.9 Å². The quantitative estimate of drug-likeness (QED) is 0.283. The van der Waals surface area contributed by atoms with Crippen LogP contribution in [-0.4, -0.2) is 54.1 Å². The van der Waals surface area contributed by atoms with E-state index in [1.165, 1.54) is 6.07 Å². The second-order valence-corrected chi connectivity index (χ2v) is 11.3. The first-order valence-electron chi connectivity index (χ1n) is 12.3. The maximum absolute atomic E-state index is 13.6. The molecule has 1 spiro atoms. The number of carbonyl (C=O) groups excluding carboxylic acids is 1. The third-order valence-electron chi connectivity index (χ3n) is 7.28. The molecule has 1 aromatic carbocycles. The molecular weight excluding hydrogens is 641 g/mol. The molecule has 0 saturated carbocycles. The van der Waals surface area contributed by atoms with Gasteiger partial charge in [0.25, 0.3) is 5.91 Å². The number of anilines is 1. The smallest absolute Gasteiger partial charge is 0.433 e. The number of likely N-dealkylation sites (tertiary alicyclic amines) is 1. The second kappa shape index (κ2) is 11.0. The minimum atomic E-state index is -4.57. The normalized spacial score (nSPS) is 17.1. The fraction of sp³-hybridized carbons (Fsp3) is 0.321. The van der Waals surface area contributed by atoms with Crippen molar-refractivity contribution in [3.05, 3.63) is 86.3 Å². The van der Waals surface area contributed by atoms with Gasteiger partial charge in [0, 0.05) is 24.1 Å². The first-order valence-corrected chi connectivity index (χ1v) is 13.9. The van der Waals surface area contributed by atoms with Crippen LogP contribution in [0.25, 0.3) is 6.08 Å². The molecule has 0 unspecified atom stereocenters. The molecule has 0 aliphatic carbocycles. The van der Waals surface area contributed by atoms with E-state index in [0.29, 0.717) is 58.6 Å². The molecule has 0 bridgehead atoms. The van der Waals surface area contributed by atoms with Crippen molar-refractivity contribution in [1.82, 2.24) is 14.9 Å². The molecule has 0 N–H and O–H groups in total. The summed E-state index contributed by atoms with van der Waals surface area (Å²) in [7, 11) is 1.63. The highest BCUT2D eigenvalue weighted by Crippen LogP contribution is 2.47. The van der Waals surface area contributed by atoms with Gasteiger partial charge in [-0.05, 0) is 99.8 Å². The summed E-state index contributed by atoms with van der Waals surface area (Å²) < 4.78 is 47.0. The first-order chi connectivity index (χ1) is 18.6. The number of benzene rings is 1. The number of ether oxygens (including phenoxy) is 1. The van der Waals surface area contributed by atoms with Crippen LogP contribution in [-0.2, 0) is 11.6 Å². The minimum absolute atomic E-state index is 0.280. The van der Waals surface area contributed by atoms with E-state index in [2.05, 4.69) is 52.8 Å². The SMILES string of the molecule is COc1ccc(/C=C/CN2CCC3(CC2)CN(C(=O)c2cc(Br)nc(Br)c2)c2ccc(C(F)(F)F)nc23)cc1. The molecule has 6 nitrogen and oxygen atoms in total. The van der Waals surface area contributed by atoms with Crippen LogP contribution in [0.15, 0.2) is 63.8 Å². The standard InChI is InChI=1S/C28H25Br2F3N4O2/c1-39-20-6-4-18(5-7-20)3-2-12-36-13-10-27(11-14-36)17-37(26(38)19-15-23(29)35-24(30)16-19)21-8-9-22(28(31,32)33)34-25(21)27/h2-9,15-16H,10-14,17H2,1H3/b3-2+. The Morgan fingerprint density at radius 1 is 1.05 bits per heavy atom. The van der Waals surface area contributed by atoms with E-state index >= 15 is 0 Å². The van der Waals surface area contributed by atoms with Gasteiger partial charge >= 0.3 is 6.18 Å². The van der Waals surface area contributed by atoms with Gasteiger partial charge in [0.15, 0.2) is 0 Å². The molecule has 1 fully saturated rings. The Kier molecular flexibility index (Phi) is 7.85. The Morgan fingerprint density at radius 2 is 1.72 bits per heavy atom. The second-order valence-electron chi connectivity index (χ2n) is 9.71. The van der Waals surface area contributed by atoms with Gasteiger partial charge in [0.1, 0.15) is 20.6 Å². The lowest BCUT2D eigenvalue weighted by Gasteiger charge is -2.39. The molecule has 39 heavy (non-hydrogen) atoms. The van der Waals surface area contributed by atoms with Gasteiger partial charge in [0.05, 0.1) is 18.5 Å². The number of aromatic nitrogens is 2. The first kappa shape index (κ1) is 27.8. The number of alkyl halides is 3. The minimum Gasteiger partial charge on any atom is -0.497 e. The summed E-state index contributed by atoms with van der Waals surface area (Å²) in [5.41, 5.74) is 0.642. The highest BCUT2D eigenvalue weighted by Gasteiger charge is 2.49. The molecule has 2 aliphatic rings. The van der Waals surface area contributed by atoms with Crippen LogP contribution in [0.4, 0.5) is 18.9 Å². The number of methoxy groups -OCH3 is 1. The summed E-state index contributed by atoms with van der Waals surface area (Å²) in [5, 5.41) is 0. The molecule has 5 rings (SSSR count). The van der Waals surface area contributed by atoms with Crippen LogP contribution < -0.4 is 9.64 Å². The lowest BCUT2D eigenvalue weighted by Crippen LogP contribution is -2.46. The van der Waals surface area contributed by atoms with E-state index in [1.54, 1.807) is 24.1 Å². The molecule has 204 valence electrons. The van der Waals surface area contributed by atoms with Crippen molar-refractivity contribution in [3.63, 3.8) is 0 Å². The van der Waals surface area contributed by atoms with E-state index in [1.807, 2.05) is 30.3 Å². The van der Waals surface area contributed by atoms with Gasteiger partial charge in [0.2, 0.25) is 0 Å². The maximum atomic E-state index is 13.6. The predicted octanol–water partition coefficient (Wildman–Crippen LogP) is 6.74.